The lowest BCUT2D eigenvalue weighted by Crippen LogP contribution is -2.28. The van der Waals surface area contributed by atoms with Gasteiger partial charge >= 0.3 is 5.97 Å². The van der Waals surface area contributed by atoms with Gasteiger partial charge in [-0.15, -0.1) is 0 Å². The first kappa shape index (κ1) is 30.4. The van der Waals surface area contributed by atoms with Gasteiger partial charge in [0.2, 0.25) is 5.90 Å². The molecule has 1 aliphatic carbocycles. The van der Waals surface area contributed by atoms with E-state index in [2.05, 4.69) is 23.4 Å². The second kappa shape index (κ2) is 16.1. The number of methoxy groups -OCH3 is 1. The summed E-state index contributed by atoms with van der Waals surface area (Å²) in [6, 6.07) is 9.84. The third-order valence-corrected chi connectivity index (χ3v) is 6.36. The molecular weight excluding hydrogens is 486 g/mol. The van der Waals surface area contributed by atoms with E-state index in [1.807, 2.05) is 64.1 Å². The fourth-order valence-electron chi connectivity index (χ4n) is 4.57. The van der Waals surface area contributed by atoms with Crippen LogP contribution in [0.3, 0.4) is 0 Å². The van der Waals surface area contributed by atoms with Crippen molar-refractivity contribution in [3.63, 3.8) is 0 Å². The molecule has 1 fully saturated rings. The van der Waals surface area contributed by atoms with E-state index >= 15 is 0 Å². The summed E-state index contributed by atoms with van der Waals surface area (Å²) in [6.45, 7) is 12.8. The Hall–Kier alpha value is -2.85. The maximum absolute atomic E-state index is 12.3. The fraction of sp³-hybridized carbons (Fsp3) is 0.452. The van der Waals surface area contributed by atoms with Crippen LogP contribution in [-0.2, 0) is 19.0 Å². The largest absolute Gasteiger partial charge is 0.469 e. The van der Waals surface area contributed by atoms with Crippen molar-refractivity contribution in [2.75, 3.05) is 20.3 Å². The lowest BCUT2D eigenvalue weighted by Gasteiger charge is -2.32. The summed E-state index contributed by atoms with van der Waals surface area (Å²) < 4.78 is 16.7. The predicted molar refractivity (Wildman–Crippen MR) is 151 cm³/mol. The van der Waals surface area contributed by atoms with Gasteiger partial charge < -0.3 is 14.2 Å². The van der Waals surface area contributed by atoms with E-state index in [0.717, 1.165) is 42.5 Å². The predicted octanol–water partition coefficient (Wildman–Crippen LogP) is 7.89. The molecule has 200 valence electrons. The molecule has 0 amide bonds. The minimum atomic E-state index is -0.163. The second-order valence-electron chi connectivity index (χ2n) is 8.73. The standard InChI is InChI=1S/C29H34ClNO4.C2H6/c1-5-26(29(32)33-4)27-12-11-22(19-24(27)17-20(2)30)13-15-34-16-14-25-18-21(3)35-28(31-25)23-9-7-6-8-10-23;1-2/h6-10,13,17,26-27H,2,5,11-12,14-16,19H2,1,3-4H3;1-2H3/b22-13-,24-17+;. The van der Waals surface area contributed by atoms with Crippen molar-refractivity contribution < 1.29 is 19.0 Å². The van der Waals surface area contributed by atoms with E-state index in [0.29, 0.717) is 36.3 Å². The van der Waals surface area contributed by atoms with Gasteiger partial charge in [0.15, 0.2) is 0 Å². The maximum atomic E-state index is 12.3. The van der Waals surface area contributed by atoms with E-state index in [4.69, 9.17) is 25.8 Å². The number of carbonyl (C=O) groups excluding carboxylic acids is 1. The van der Waals surface area contributed by atoms with Crippen LogP contribution in [0, 0.1) is 11.8 Å². The number of ether oxygens (including phenoxy) is 3. The van der Waals surface area contributed by atoms with Crippen LogP contribution in [0.5, 0.6) is 0 Å². The number of halogens is 1. The van der Waals surface area contributed by atoms with Gasteiger partial charge in [-0.1, -0.05) is 80.1 Å². The van der Waals surface area contributed by atoms with Gasteiger partial charge in [0.1, 0.15) is 5.76 Å². The zero-order valence-corrected chi connectivity index (χ0v) is 23.6. The van der Waals surface area contributed by atoms with E-state index < -0.39 is 0 Å². The van der Waals surface area contributed by atoms with Crippen LogP contribution in [0.15, 0.2) is 87.4 Å². The molecule has 5 nitrogen and oxygen atoms in total. The maximum Gasteiger partial charge on any atom is 0.309 e. The zero-order chi connectivity index (χ0) is 27.2. The van der Waals surface area contributed by atoms with Crippen LogP contribution in [0.25, 0.3) is 0 Å². The third kappa shape index (κ3) is 9.51. The summed E-state index contributed by atoms with van der Waals surface area (Å²) >= 11 is 6.10. The van der Waals surface area contributed by atoms with E-state index in [1.165, 1.54) is 12.7 Å². The van der Waals surface area contributed by atoms with Gasteiger partial charge in [-0.2, -0.15) is 0 Å². The summed E-state index contributed by atoms with van der Waals surface area (Å²) in [6.07, 6.45) is 7.98. The van der Waals surface area contributed by atoms with Crippen LogP contribution < -0.4 is 0 Å². The van der Waals surface area contributed by atoms with Crippen molar-refractivity contribution in [3.8, 4) is 0 Å². The number of hydrogen-bond donors (Lipinski definition) is 0. The van der Waals surface area contributed by atoms with E-state index in [-0.39, 0.29) is 17.8 Å². The Morgan fingerprint density at radius 1 is 1.32 bits per heavy atom. The quantitative estimate of drug-likeness (QED) is 0.135. The molecule has 1 aliphatic heterocycles. The summed E-state index contributed by atoms with van der Waals surface area (Å²) in [5.74, 6) is 1.08. The summed E-state index contributed by atoms with van der Waals surface area (Å²) in [5.41, 5.74) is 7.36. The van der Waals surface area contributed by atoms with Gasteiger partial charge in [0.05, 0.1) is 31.9 Å². The highest BCUT2D eigenvalue weighted by atomic mass is 35.5. The Balaban J connectivity index is 0.00000235. The number of rotatable bonds is 10. The van der Waals surface area contributed by atoms with Crippen molar-refractivity contribution in [2.24, 2.45) is 16.8 Å². The summed E-state index contributed by atoms with van der Waals surface area (Å²) in [5, 5.41) is 0.478. The lowest BCUT2D eigenvalue weighted by atomic mass is 9.73. The fourth-order valence-corrected chi connectivity index (χ4v) is 4.71. The molecule has 0 bridgehead atoms. The number of hydrogen-bond acceptors (Lipinski definition) is 5. The average Bonchev–Trinajstić information content (AvgIpc) is 2.91. The number of allylic oxidation sites excluding steroid dienone is 4. The first-order chi connectivity index (χ1) is 17.9. The number of carbonyl (C=O) groups is 1. The Labute approximate surface area is 227 Å². The van der Waals surface area contributed by atoms with Crippen LogP contribution in [0.2, 0.25) is 0 Å². The minimum absolute atomic E-state index is 0.119. The molecule has 3 rings (SSSR count). The van der Waals surface area contributed by atoms with Crippen molar-refractivity contribution in [3.05, 3.63) is 88.0 Å². The van der Waals surface area contributed by atoms with Crippen LogP contribution in [0.1, 0.15) is 65.4 Å². The Bertz CT molecular complexity index is 1080. The summed E-state index contributed by atoms with van der Waals surface area (Å²) in [4.78, 5) is 16.9. The Morgan fingerprint density at radius 2 is 2.05 bits per heavy atom. The SMILES string of the molecule is C=C(Cl)/C=C1\C/C(=C\COCCC2=C=C(C)OC(c3ccccc3)=N2)CCC1C(CC)C(=O)OC.CC. The molecule has 37 heavy (non-hydrogen) atoms. The monoisotopic (exact) mass is 525 g/mol. The molecule has 6 heteroatoms. The average molecular weight is 526 g/mol. The smallest absolute Gasteiger partial charge is 0.309 e. The second-order valence-corrected chi connectivity index (χ2v) is 9.21. The molecule has 0 radical (unpaired) electrons. The number of aliphatic imine (C=N–C) groups is 1. The summed E-state index contributed by atoms with van der Waals surface area (Å²) in [7, 11) is 1.45. The first-order valence-electron chi connectivity index (χ1n) is 13.1. The van der Waals surface area contributed by atoms with Crippen LogP contribution in [-0.4, -0.2) is 32.2 Å². The highest BCUT2D eigenvalue weighted by molar-refractivity contribution is 6.30. The van der Waals surface area contributed by atoms with Gasteiger partial charge in [-0.25, -0.2) is 4.99 Å². The van der Waals surface area contributed by atoms with Crippen molar-refractivity contribution in [1.82, 2.24) is 0 Å². The molecule has 0 spiro atoms. The molecule has 2 aliphatic rings. The molecule has 2 atom stereocenters. The van der Waals surface area contributed by atoms with Crippen molar-refractivity contribution in [2.45, 2.75) is 59.8 Å². The Morgan fingerprint density at radius 3 is 2.70 bits per heavy atom. The highest BCUT2D eigenvalue weighted by Crippen LogP contribution is 2.40. The topological polar surface area (TPSA) is 57.1 Å². The van der Waals surface area contributed by atoms with Crippen molar-refractivity contribution >= 4 is 23.5 Å². The number of esters is 1. The van der Waals surface area contributed by atoms with E-state index in [9.17, 15) is 4.79 Å². The van der Waals surface area contributed by atoms with Crippen molar-refractivity contribution in [1.29, 1.82) is 0 Å². The van der Waals surface area contributed by atoms with Gasteiger partial charge in [0, 0.05) is 23.9 Å². The minimum Gasteiger partial charge on any atom is -0.469 e. The molecule has 0 N–H and O–H groups in total. The zero-order valence-electron chi connectivity index (χ0n) is 22.8. The molecule has 1 aromatic carbocycles. The lowest BCUT2D eigenvalue weighted by molar-refractivity contribution is -0.147. The van der Waals surface area contributed by atoms with Crippen LogP contribution >= 0.6 is 11.6 Å². The third-order valence-electron chi connectivity index (χ3n) is 6.26. The molecule has 2 unspecified atom stereocenters. The molecule has 0 saturated heterocycles. The molecule has 0 aromatic heterocycles. The molecule has 1 saturated carbocycles. The number of nitrogens with zero attached hydrogens (tertiary/aromatic N) is 1. The van der Waals surface area contributed by atoms with Gasteiger partial charge in [-0.3, -0.25) is 4.79 Å². The van der Waals surface area contributed by atoms with Gasteiger partial charge in [0.25, 0.3) is 0 Å². The number of benzene rings is 1. The van der Waals surface area contributed by atoms with Gasteiger partial charge in [-0.05, 0) is 49.8 Å². The highest BCUT2D eigenvalue weighted by Gasteiger charge is 2.33. The van der Waals surface area contributed by atoms with Crippen LogP contribution in [0.4, 0.5) is 0 Å². The molecular formula is C31H40ClNO4. The van der Waals surface area contributed by atoms with E-state index in [1.54, 1.807) is 0 Å². The normalized spacial score (nSPS) is 20.1. The Kier molecular flexibility index (Phi) is 13.2. The molecule has 1 aromatic rings. The molecule has 1 heterocycles. The first-order valence-corrected chi connectivity index (χ1v) is 13.5.